The molecule has 3 heteroatoms. The second-order valence-electron chi connectivity index (χ2n) is 4.10. The Morgan fingerprint density at radius 2 is 2.07 bits per heavy atom. The molecule has 82 valence electrons. The van der Waals surface area contributed by atoms with E-state index in [1.54, 1.807) is 6.07 Å². The molecule has 1 rings (SSSR count). The first-order valence-electron chi connectivity index (χ1n) is 5.45. The summed E-state index contributed by atoms with van der Waals surface area (Å²) in [5.41, 5.74) is -0.113. The molecule has 1 aliphatic carbocycles. The monoisotopic (exact) mass is 207 g/mol. The van der Waals surface area contributed by atoms with E-state index in [0.717, 1.165) is 12.8 Å². The summed E-state index contributed by atoms with van der Waals surface area (Å²) in [5, 5.41) is 8.48. The maximum Gasteiger partial charge on any atom is 0.348 e. The van der Waals surface area contributed by atoms with Gasteiger partial charge in [0.2, 0.25) is 0 Å². The average Bonchev–Trinajstić information content (AvgIpc) is 2.29. The molecule has 3 nitrogen and oxygen atoms in total. The van der Waals surface area contributed by atoms with E-state index in [1.165, 1.54) is 19.3 Å². The van der Waals surface area contributed by atoms with Crippen LogP contribution in [0.15, 0.2) is 12.2 Å². The van der Waals surface area contributed by atoms with Gasteiger partial charge in [0.15, 0.2) is 0 Å². The van der Waals surface area contributed by atoms with E-state index >= 15 is 0 Å². The number of carbonyl (C=O) groups is 1. The normalized spacial score (nSPS) is 18.9. The summed E-state index contributed by atoms with van der Waals surface area (Å²) in [5.74, 6) is -0.121. The number of hydrogen-bond donors (Lipinski definition) is 0. The van der Waals surface area contributed by atoms with Gasteiger partial charge in [-0.2, -0.15) is 5.26 Å². The van der Waals surface area contributed by atoms with Crippen molar-refractivity contribution in [3.05, 3.63) is 12.2 Å². The van der Waals surface area contributed by atoms with Crippen molar-refractivity contribution < 1.29 is 9.53 Å². The molecule has 0 bridgehead atoms. The van der Waals surface area contributed by atoms with E-state index in [1.807, 2.05) is 6.92 Å². The van der Waals surface area contributed by atoms with Crippen molar-refractivity contribution in [2.24, 2.45) is 5.92 Å². The third kappa shape index (κ3) is 3.39. The Bertz CT molecular complexity index is 284. The number of esters is 1. The standard InChI is InChI=1S/C12H17NO2/c1-9(8-13)12(14)15-10(2)11-6-4-3-5-7-11/h10-11H,1,3-7H2,2H3. The number of rotatable bonds is 3. The zero-order chi connectivity index (χ0) is 11.3. The third-order valence-corrected chi connectivity index (χ3v) is 2.99. The van der Waals surface area contributed by atoms with Gasteiger partial charge in [0.1, 0.15) is 17.7 Å². The van der Waals surface area contributed by atoms with Crippen LogP contribution < -0.4 is 0 Å². The molecule has 0 spiro atoms. The second-order valence-corrected chi connectivity index (χ2v) is 4.10. The SMILES string of the molecule is C=C(C#N)C(=O)OC(C)C1CCCCC1. The smallest absolute Gasteiger partial charge is 0.348 e. The Kier molecular flexibility index (Phi) is 4.36. The van der Waals surface area contributed by atoms with E-state index in [2.05, 4.69) is 6.58 Å². The highest BCUT2D eigenvalue weighted by Gasteiger charge is 2.23. The molecule has 0 aromatic carbocycles. The molecule has 0 radical (unpaired) electrons. The van der Waals surface area contributed by atoms with E-state index in [0.29, 0.717) is 5.92 Å². The summed E-state index contributed by atoms with van der Waals surface area (Å²) < 4.78 is 5.18. The molecule has 1 atom stereocenters. The molecule has 1 fully saturated rings. The molecule has 1 aliphatic rings. The number of nitriles is 1. The van der Waals surface area contributed by atoms with Crippen molar-refractivity contribution in [3.8, 4) is 6.07 Å². The highest BCUT2D eigenvalue weighted by atomic mass is 16.5. The summed E-state index contributed by atoms with van der Waals surface area (Å²) in [6.45, 7) is 5.24. The maximum atomic E-state index is 11.3. The van der Waals surface area contributed by atoms with E-state index in [4.69, 9.17) is 10.00 Å². The number of ether oxygens (including phenoxy) is 1. The molecule has 0 aliphatic heterocycles. The Morgan fingerprint density at radius 1 is 1.47 bits per heavy atom. The summed E-state index contributed by atoms with van der Waals surface area (Å²) in [6, 6.07) is 1.70. The molecular formula is C12H17NO2. The fraction of sp³-hybridized carbons (Fsp3) is 0.667. The van der Waals surface area contributed by atoms with E-state index in [-0.39, 0.29) is 11.7 Å². The molecule has 0 aromatic heterocycles. The highest BCUT2D eigenvalue weighted by Crippen LogP contribution is 2.27. The van der Waals surface area contributed by atoms with Crippen LogP contribution in [0.25, 0.3) is 0 Å². The van der Waals surface area contributed by atoms with Crippen molar-refractivity contribution in [3.63, 3.8) is 0 Å². The minimum atomic E-state index is -0.574. The molecule has 0 saturated heterocycles. The lowest BCUT2D eigenvalue weighted by molar-refractivity contribution is -0.146. The van der Waals surface area contributed by atoms with Crippen molar-refractivity contribution in [2.45, 2.75) is 45.1 Å². The zero-order valence-corrected chi connectivity index (χ0v) is 9.16. The lowest BCUT2D eigenvalue weighted by atomic mass is 9.86. The Balaban J connectivity index is 2.40. The van der Waals surface area contributed by atoms with E-state index in [9.17, 15) is 4.79 Å². The molecule has 0 aromatic rings. The second kappa shape index (κ2) is 5.55. The van der Waals surface area contributed by atoms with Crippen molar-refractivity contribution >= 4 is 5.97 Å². The van der Waals surface area contributed by atoms with Crippen LogP contribution in [0.2, 0.25) is 0 Å². The Labute approximate surface area is 90.7 Å². The Hall–Kier alpha value is -1.30. The fourth-order valence-corrected chi connectivity index (χ4v) is 1.99. The molecular weight excluding hydrogens is 190 g/mol. The lowest BCUT2D eigenvalue weighted by Crippen LogP contribution is -2.26. The van der Waals surface area contributed by atoms with Gasteiger partial charge in [-0.1, -0.05) is 25.8 Å². The van der Waals surface area contributed by atoms with Gasteiger partial charge in [0.05, 0.1) is 0 Å². The minimum Gasteiger partial charge on any atom is -0.458 e. The first-order valence-corrected chi connectivity index (χ1v) is 5.45. The van der Waals surface area contributed by atoms with Crippen molar-refractivity contribution in [2.75, 3.05) is 0 Å². The lowest BCUT2D eigenvalue weighted by Gasteiger charge is -2.27. The first kappa shape index (κ1) is 11.8. The Morgan fingerprint density at radius 3 is 2.60 bits per heavy atom. The number of hydrogen-bond acceptors (Lipinski definition) is 3. The molecule has 0 N–H and O–H groups in total. The van der Waals surface area contributed by atoms with Crippen LogP contribution in [0, 0.1) is 17.2 Å². The topological polar surface area (TPSA) is 50.1 Å². The third-order valence-electron chi connectivity index (χ3n) is 2.99. The van der Waals surface area contributed by atoms with Gasteiger partial charge in [-0.05, 0) is 25.7 Å². The van der Waals surface area contributed by atoms with Crippen LogP contribution in [0.5, 0.6) is 0 Å². The molecule has 15 heavy (non-hydrogen) atoms. The molecule has 1 unspecified atom stereocenters. The van der Waals surface area contributed by atoms with Gasteiger partial charge in [-0.15, -0.1) is 0 Å². The quantitative estimate of drug-likeness (QED) is 0.406. The van der Waals surface area contributed by atoms with Gasteiger partial charge in [0.25, 0.3) is 0 Å². The van der Waals surface area contributed by atoms with Crippen LogP contribution in [0.4, 0.5) is 0 Å². The summed E-state index contributed by atoms with van der Waals surface area (Å²) in [4.78, 5) is 11.3. The molecule has 1 saturated carbocycles. The van der Waals surface area contributed by atoms with Gasteiger partial charge < -0.3 is 4.74 Å². The average molecular weight is 207 g/mol. The number of carbonyl (C=O) groups excluding carboxylic acids is 1. The maximum absolute atomic E-state index is 11.3. The first-order chi connectivity index (χ1) is 7.15. The van der Waals surface area contributed by atoms with Crippen molar-refractivity contribution in [1.29, 1.82) is 5.26 Å². The predicted molar refractivity (Wildman–Crippen MR) is 56.9 cm³/mol. The minimum absolute atomic E-state index is 0.0945. The largest absolute Gasteiger partial charge is 0.458 e. The van der Waals surface area contributed by atoms with Crippen LogP contribution in [0.1, 0.15) is 39.0 Å². The number of nitrogens with zero attached hydrogens (tertiary/aromatic N) is 1. The summed E-state index contributed by atoms with van der Waals surface area (Å²) >= 11 is 0. The zero-order valence-electron chi connectivity index (χ0n) is 9.16. The summed E-state index contributed by atoms with van der Waals surface area (Å²) in [6.07, 6.45) is 5.85. The van der Waals surface area contributed by atoms with Crippen LogP contribution in [-0.4, -0.2) is 12.1 Å². The summed E-state index contributed by atoms with van der Waals surface area (Å²) in [7, 11) is 0. The molecule has 0 amide bonds. The fourth-order valence-electron chi connectivity index (χ4n) is 1.99. The van der Waals surface area contributed by atoms with Gasteiger partial charge in [0, 0.05) is 0 Å². The highest BCUT2D eigenvalue weighted by molar-refractivity contribution is 5.92. The van der Waals surface area contributed by atoms with Gasteiger partial charge in [-0.25, -0.2) is 4.79 Å². The van der Waals surface area contributed by atoms with Gasteiger partial charge >= 0.3 is 5.97 Å². The van der Waals surface area contributed by atoms with Crippen LogP contribution in [-0.2, 0) is 9.53 Å². The van der Waals surface area contributed by atoms with E-state index < -0.39 is 5.97 Å². The van der Waals surface area contributed by atoms with Crippen LogP contribution in [0.3, 0.4) is 0 Å². The van der Waals surface area contributed by atoms with Gasteiger partial charge in [-0.3, -0.25) is 0 Å². The van der Waals surface area contributed by atoms with Crippen LogP contribution >= 0.6 is 0 Å². The molecule has 0 heterocycles. The van der Waals surface area contributed by atoms with Crippen molar-refractivity contribution in [1.82, 2.24) is 0 Å². The predicted octanol–water partition coefficient (Wildman–Crippen LogP) is 2.58.